The van der Waals surface area contributed by atoms with E-state index in [0.717, 1.165) is 0 Å². The van der Waals surface area contributed by atoms with Gasteiger partial charge < -0.3 is 11.1 Å². The number of carbonyl (C=O) groups excluding carboxylic acids is 1. The maximum atomic E-state index is 10.6. The van der Waals surface area contributed by atoms with E-state index in [1.807, 2.05) is 13.8 Å². The van der Waals surface area contributed by atoms with Gasteiger partial charge in [0.15, 0.2) is 0 Å². The van der Waals surface area contributed by atoms with Crippen LogP contribution in [0.5, 0.6) is 0 Å². The maximum Gasteiger partial charge on any atom is 0.236 e. The van der Waals surface area contributed by atoms with E-state index < -0.39 is 5.91 Å². The summed E-state index contributed by atoms with van der Waals surface area (Å²) in [6.45, 7) is 3.96. The smallest absolute Gasteiger partial charge is 0.236 e. The number of halogens is 1. The van der Waals surface area contributed by atoms with E-state index in [2.05, 4.69) is 15.3 Å². The fourth-order valence-electron chi connectivity index (χ4n) is 0.962. The molecule has 6 heteroatoms. The molecule has 1 aromatic rings. The number of anilines is 1. The zero-order valence-corrected chi connectivity index (χ0v) is 9.38. The number of hydrogen-bond acceptors (Lipinski definition) is 4. The van der Waals surface area contributed by atoms with Crippen LogP contribution < -0.4 is 11.1 Å². The molecule has 0 aliphatic heterocycles. The Bertz CT molecular complexity index is 367. The lowest BCUT2D eigenvalue weighted by Crippen LogP contribution is -2.22. The number of primary amides is 1. The van der Waals surface area contributed by atoms with Crippen molar-refractivity contribution in [2.45, 2.75) is 19.8 Å². The second kappa shape index (κ2) is 4.93. The number of nitrogens with one attached hydrogen (secondary N) is 1. The molecule has 0 saturated heterocycles. The molecule has 1 amide bonds. The molecular formula is C9H13ClN4O. The van der Waals surface area contributed by atoms with E-state index in [1.165, 1.54) is 0 Å². The SMILES string of the molecule is CC(C)c1nc(Cl)cc(NCC(N)=O)n1. The molecule has 0 saturated carbocycles. The van der Waals surface area contributed by atoms with Crippen LogP contribution in [-0.2, 0) is 4.79 Å². The topological polar surface area (TPSA) is 80.9 Å². The van der Waals surface area contributed by atoms with Gasteiger partial charge >= 0.3 is 0 Å². The predicted molar refractivity (Wildman–Crippen MR) is 58.8 cm³/mol. The Balaban J connectivity index is 2.84. The van der Waals surface area contributed by atoms with Crippen LogP contribution in [0, 0.1) is 0 Å². The fourth-order valence-corrected chi connectivity index (χ4v) is 1.15. The molecule has 1 rings (SSSR count). The van der Waals surface area contributed by atoms with Crippen molar-refractivity contribution in [2.24, 2.45) is 5.73 Å². The van der Waals surface area contributed by atoms with E-state index in [-0.39, 0.29) is 12.5 Å². The first kappa shape index (κ1) is 11.7. The second-order valence-corrected chi connectivity index (χ2v) is 3.80. The first-order valence-electron chi connectivity index (χ1n) is 4.55. The van der Waals surface area contributed by atoms with Crippen LogP contribution in [-0.4, -0.2) is 22.4 Å². The lowest BCUT2D eigenvalue weighted by Gasteiger charge is -2.08. The van der Waals surface area contributed by atoms with Crippen molar-refractivity contribution >= 4 is 23.3 Å². The molecule has 0 bridgehead atoms. The van der Waals surface area contributed by atoms with Crippen molar-refractivity contribution in [3.05, 3.63) is 17.0 Å². The quantitative estimate of drug-likeness (QED) is 0.758. The summed E-state index contributed by atoms with van der Waals surface area (Å²) in [5.41, 5.74) is 5.00. The van der Waals surface area contributed by atoms with Crippen molar-refractivity contribution in [3.63, 3.8) is 0 Å². The van der Waals surface area contributed by atoms with Crippen molar-refractivity contribution in [3.8, 4) is 0 Å². The van der Waals surface area contributed by atoms with Crippen LogP contribution >= 0.6 is 11.6 Å². The van der Waals surface area contributed by atoms with E-state index in [4.69, 9.17) is 17.3 Å². The standard InChI is InChI=1S/C9H13ClN4O/c1-5(2)9-13-6(10)3-8(14-9)12-4-7(11)15/h3,5H,4H2,1-2H3,(H2,11,15)(H,12,13,14). The van der Waals surface area contributed by atoms with Gasteiger partial charge in [-0.1, -0.05) is 25.4 Å². The van der Waals surface area contributed by atoms with Crippen LogP contribution in [0.2, 0.25) is 5.15 Å². The van der Waals surface area contributed by atoms with E-state index >= 15 is 0 Å². The summed E-state index contributed by atoms with van der Waals surface area (Å²) in [4.78, 5) is 18.8. The van der Waals surface area contributed by atoms with Gasteiger partial charge in [0, 0.05) is 12.0 Å². The molecule has 1 aromatic heterocycles. The third-order valence-corrected chi connectivity index (χ3v) is 1.87. The average molecular weight is 229 g/mol. The van der Waals surface area contributed by atoms with Crippen molar-refractivity contribution in [1.29, 1.82) is 0 Å². The van der Waals surface area contributed by atoms with Gasteiger partial charge in [-0.05, 0) is 0 Å². The molecule has 15 heavy (non-hydrogen) atoms. The van der Waals surface area contributed by atoms with Crippen LogP contribution in [0.15, 0.2) is 6.07 Å². The molecule has 82 valence electrons. The van der Waals surface area contributed by atoms with Gasteiger partial charge in [0.05, 0.1) is 6.54 Å². The fraction of sp³-hybridized carbons (Fsp3) is 0.444. The summed E-state index contributed by atoms with van der Waals surface area (Å²) in [5, 5.41) is 3.12. The number of hydrogen-bond donors (Lipinski definition) is 2. The van der Waals surface area contributed by atoms with Gasteiger partial charge in [0.2, 0.25) is 5.91 Å². The van der Waals surface area contributed by atoms with Crippen LogP contribution in [0.1, 0.15) is 25.6 Å². The number of amides is 1. The van der Waals surface area contributed by atoms with Gasteiger partial charge in [-0.2, -0.15) is 0 Å². The van der Waals surface area contributed by atoms with Crippen LogP contribution in [0.3, 0.4) is 0 Å². The molecule has 0 spiro atoms. The predicted octanol–water partition coefficient (Wildman–Crippen LogP) is 1.15. The molecule has 0 unspecified atom stereocenters. The third-order valence-electron chi connectivity index (χ3n) is 1.67. The third kappa shape index (κ3) is 3.71. The van der Waals surface area contributed by atoms with Gasteiger partial charge in [-0.3, -0.25) is 4.79 Å². The lowest BCUT2D eigenvalue weighted by molar-refractivity contribution is -0.116. The van der Waals surface area contributed by atoms with E-state index in [9.17, 15) is 4.79 Å². The molecule has 5 nitrogen and oxygen atoms in total. The largest absolute Gasteiger partial charge is 0.368 e. The molecule has 1 heterocycles. The molecule has 3 N–H and O–H groups in total. The molecule has 0 aliphatic rings. The Labute approximate surface area is 93.0 Å². The highest BCUT2D eigenvalue weighted by atomic mass is 35.5. The van der Waals surface area contributed by atoms with Crippen molar-refractivity contribution in [2.75, 3.05) is 11.9 Å². The van der Waals surface area contributed by atoms with Crippen LogP contribution in [0.25, 0.3) is 0 Å². The molecular weight excluding hydrogens is 216 g/mol. The highest BCUT2D eigenvalue weighted by Gasteiger charge is 2.07. The van der Waals surface area contributed by atoms with Crippen molar-refractivity contribution < 1.29 is 4.79 Å². The number of rotatable bonds is 4. The second-order valence-electron chi connectivity index (χ2n) is 3.41. The minimum Gasteiger partial charge on any atom is -0.368 e. The summed E-state index contributed by atoms with van der Waals surface area (Å²) in [7, 11) is 0. The normalized spacial score (nSPS) is 10.4. The summed E-state index contributed by atoms with van der Waals surface area (Å²) in [6, 6.07) is 1.55. The van der Waals surface area contributed by atoms with E-state index in [1.54, 1.807) is 6.07 Å². The summed E-state index contributed by atoms with van der Waals surface area (Å²) in [6.07, 6.45) is 0. The van der Waals surface area contributed by atoms with Gasteiger partial charge in [-0.15, -0.1) is 0 Å². The lowest BCUT2D eigenvalue weighted by atomic mass is 10.2. The Morgan fingerprint density at radius 1 is 1.60 bits per heavy atom. The average Bonchev–Trinajstić information content (AvgIpc) is 2.13. The Morgan fingerprint density at radius 3 is 2.80 bits per heavy atom. The zero-order valence-electron chi connectivity index (χ0n) is 8.62. The van der Waals surface area contributed by atoms with Crippen LogP contribution in [0.4, 0.5) is 5.82 Å². The monoisotopic (exact) mass is 228 g/mol. The summed E-state index contributed by atoms with van der Waals surface area (Å²) >= 11 is 5.80. The minimum absolute atomic E-state index is 0.0326. The summed E-state index contributed by atoms with van der Waals surface area (Å²) in [5.74, 6) is 0.876. The van der Waals surface area contributed by atoms with Crippen molar-refractivity contribution in [1.82, 2.24) is 9.97 Å². The van der Waals surface area contributed by atoms with E-state index in [0.29, 0.717) is 16.8 Å². The first-order chi connectivity index (χ1) is 6.99. The van der Waals surface area contributed by atoms with Gasteiger partial charge in [0.25, 0.3) is 0 Å². The maximum absolute atomic E-state index is 10.6. The molecule has 0 atom stereocenters. The summed E-state index contributed by atoms with van der Waals surface area (Å²) < 4.78 is 0. The molecule has 0 fully saturated rings. The highest BCUT2D eigenvalue weighted by Crippen LogP contribution is 2.16. The zero-order chi connectivity index (χ0) is 11.4. The Morgan fingerprint density at radius 2 is 2.27 bits per heavy atom. The highest BCUT2D eigenvalue weighted by molar-refractivity contribution is 6.29. The molecule has 0 aliphatic carbocycles. The Hall–Kier alpha value is -1.36. The molecule has 0 radical (unpaired) electrons. The van der Waals surface area contributed by atoms with Gasteiger partial charge in [-0.25, -0.2) is 9.97 Å². The first-order valence-corrected chi connectivity index (χ1v) is 4.93. The molecule has 0 aromatic carbocycles. The van der Waals surface area contributed by atoms with Gasteiger partial charge in [0.1, 0.15) is 16.8 Å². The minimum atomic E-state index is -0.448. The number of aromatic nitrogens is 2. The number of nitrogens with zero attached hydrogens (tertiary/aromatic N) is 2. The Kier molecular flexibility index (Phi) is 3.85. The number of nitrogens with two attached hydrogens (primary N) is 1. The number of carbonyl (C=O) groups is 1.